The van der Waals surface area contributed by atoms with Crippen LogP contribution < -0.4 is 10.1 Å². The van der Waals surface area contributed by atoms with Crippen LogP contribution in [0.2, 0.25) is 0 Å². The number of halogens is 1. The normalized spacial score (nSPS) is 12.8. The summed E-state index contributed by atoms with van der Waals surface area (Å²) >= 11 is 0. The number of aryl methyl sites for hydroxylation is 1. The van der Waals surface area contributed by atoms with Gasteiger partial charge in [-0.3, -0.25) is 0 Å². The number of rotatable bonds is 8. The van der Waals surface area contributed by atoms with Crippen LogP contribution in [-0.4, -0.2) is 26.9 Å². The Morgan fingerprint density at radius 3 is 2.50 bits per heavy atom. The van der Waals surface area contributed by atoms with Gasteiger partial charge in [-0.15, -0.1) is 0 Å². The van der Waals surface area contributed by atoms with Gasteiger partial charge in [0.05, 0.1) is 6.61 Å². The Kier molecular flexibility index (Phi) is 6.96. The van der Waals surface area contributed by atoms with Crippen LogP contribution in [0.3, 0.4) is 0 Å². The Morgan fingerprint density at radius 2 is 1.90 bits per heavy atom. The van der Waals surface area contributed by atoms with Gasteiger partial charge in [0.2, 0.25) is 0 Å². The van der Waals surface area contributed by atoms with Crippen molar-refractivity contribution in [2.45, 2.75) is 33.7 Å². The summed E-state index contributed by atoms with van der Waals surface area (Å²) < 4.78 is 24.9. The zero-order valence-electron chi connectivity index (χ0n) is 13.1. The van der Waals surface area contributed by atoms with E-state index in [9.17, 15) is 4.39 Å². The first-order valence-corrected chi connectivity index (χ1v) is 7.13. The molecule has 0 aromatic heterocycles. The van der Waals surface area contributed by atoms with Crippen molar-refractivity contribution in [2.24, 2.45) is 5.92 Å². The number of benzene rings is 1. The van der Waals surface area contributed by atoms with Crippen LogP contribution in [0.4, 0.5) is 4.39 Å². The van der Waals surface area contributed by atoms with Crippen molar-refractivity contribution in [1.29, 1.82) is 0 Å². The molecule has 0 saturated carbocycles. The van der Waals surface area contributed by atoms with Crippen LogP contribution in [0.1, 0.15) is 37.9 Å². The van der Waals surface area contributed by atoms with Crippen LogP contribution in [0.15, 0.2) is 12.1 Å². The Labute approximate surface area is 121 Å². The molecule has 0 radical (unpaired) electrons. The number of nitrogens with one attached hydrogen (secondary N) is 1. The second-order valence-electron chi connectivity index (χ2n) is 5.47. The van der Waals surface area contributed by atoms with Gasteiger partial charge in [-0.25, -0.2) is 4.39 Å². The molecule has 0 aliphatic rings. The third-order valence-electron chi connectivity index (χ3n) is 3.13. The molecule has 114 valence electrons. The number of hydrogen-bond acceptors (Lipinski definition) is 3. The molecule has 1 N–H and O–H groups in total. The molecule has 0 bridgehead atoms. The van der Waals surface area contributed by atoms with Gasteiger partial charge in [0.15, 0.2) is 0 Å². The smallest absolute Gasteiger partial charge is 0.126 e. The number of hydrogen-bond donors (Lipinski definition) is 1. The van der Waals surface area contributed by atoms with E-state index in [2.05, 4.69) is 19.2 Å². The minimum Gasteiger partial charge on any atom is -0.491 e. The first-order chi connectivity index (χ1) is 9.45. The fraction of sp³-hybridized carbons (Fsp3) is 0.625. The Morgan fingerprint density at radius 1 is 1.20 bits per heavy atom. The van der Waals surface area contributed by atoms with Gasteiger partial charge in [0, 0.05) is 18.2 Å². The van der Waals surface area contributed by atoms with Crippen molar-refractivity contribution in [3.8, 4) is 5.75 Å². The zero-order valence-corrected chi connectivity index (χ0v) is 13.1. The molecular formula is C16H26FNO2. The molecule has 1 rings (SSSR count). The Bertz CT molecular complexity index is 421. The Balaban J connectivity index is 2.65. The monoisotopic (exact) mass is 283 g/mol. The van der Waals surface area contributed by atoms with Crippen molar-refractivity contribution in [2.75, 3.05) is 26.9 Å². The zero-order chi connectivity index (χ0) is 15.1. The van der Waals surface area contributed by atoms with Crippen molar-refractivity contribution in [3.63, 3.8) is 0 Å². The molecular weight excluding hydrogens is 257 g/mol. The van der Waals surface area contributed by atoms with Crippen LogP contribution in [0, 0.1) is 18.7 Å². The summed E-state index contributed by atoms with van der Waals surface area (Å²) in [6.07, 6.45) is 0. The highest BCUT2D eigenvalue weighted by Gasteiger charge is 2.13. The molecule has 1 aromatic rings. The highest BCUT2D eigenvalue weighted by Crippen LogP contribution is 2.28. The minimum atomic E-state index is -0.203. The van der Waals surface area contributed by atoms with Crippen molar-refractivity contribution in [1.82, 2.24) is 5.32 Å². The average Bonchev–Trinajstić information content (AvgIpc) is 2.40. The molecule has 1 unspecified atom stereocenters. The van der Waals surface area contributed by atoms with Gasteiger partial charge in [0.25, 0.3) is 0 Å². The predicted octanol–water partition coefficient (Wildman–Crippen LogP) is 3.47. The van der Waals surface area contributed by atoms with Gasteiger partial charge >= 0.3 is 0 Å². The van der Waals surface area contributed by atoms with Gasteiger partial charge in [-0.05, 0) is 44.5 Å². The summed E-state index contributed by atoms with van der Waals surface area (Å²) in [5.74, 6) is 1.03. The molecule has 0 aliphatic carbocycles. The van der Waals surface area contributed by atoms with E-state index in [0.717, 1.165) is 17.9 Å². The lowest BCUT2D eigenvalue weighted by molar-refractivity contribution is 0.0814. The topological polar surface area (TPSA) is 30.5 Å². The van der Waals surface area contributed by atoms with Crippen molar-refractivity contribution in [3.05, 3.63) is 29.1 Å². The largest absolute Gasteiger partial charge is 0.491 e. The van der Waals surface area contributed by atoms with E-state index in [1.54, 1.807) is 19.1 Å². The molecule has 0 fully saturated rings. The highest BCUT2D eigenvalue weighted by molar-refractivity contribution is 5.40. The van der Waals surface area contributed by atoms with E-state index in [-0.39, 0.29) is 11.9 Å². The number of ether oxygens (including phenoxy) is 2. The van der Waals surface area contributed by atoms with Crippen LogP contribution in [-0.2, 0) is 4.74 Å². The lowest BCUT2D eigenvalue weighted by atomic mass is 10.0. The predicted molar refractivity (Wildman–Crippen MR) is 79.8 cm³/mol. The van der Waals surface area contributed by atoms with E-state index in [4.69, 9.17) is 9.47 Å². The summed E-state index contributed by atoms with van der Waals surface area (Å²) in [7, 11) is 1.85. The molecule has 0 amide bonds. The molecule has 1 aromatic carbocycles. The van der Waals surface area contributed by atoms with Gasteiger partial charge in [-0.1, -0.05) is 13.8 Å². The fourth-order valence-electron chi connectivity index (χ4n) is 1.82. The summed E-state index contributed by atoms with van der Waals surface area (Å²) in [5.41, 5.74) is 1.43. The van der Waals surface area contributed by atoms with E-state index >= 15 is 0 Å². The SMILES string of the molecule is CNC(C)c1cc(F)c(C)cc1OCCOCC(C)C. The van der Waals surface area contributed by atoms with E-state index in [1.165, 1.54) is 0 Å². The summed E-state index contributed by atoms with van der Waals surface area (Å²) in [4.78, 5) is 0. The molecule has 4 heteroatoms. The molecule has 0 spiro atoms. The maximum Gasteiger partial charge on any atom is 0.126 e. The second kappa shape index (κ2) is 8.22. The van der Waals surface area contributed by atoms with Gasteiger partial charge in [-0.2, -0.15) is 0 Å². The average molecular weight is 283 g/mol. The van der Waals surface area contributed by atoms with Crippen molar-refractivity contribution < 1.29 is 13.9 Å². The van der Waals surface area contributed by atoms with Gasteiger partial charge < -0.3 is 14.8 Å². The lowest BCUT2D eigenvalue weighted by Crippen LogP contribution is -2.16. The third-order valence-corrected chi connectivity index (χ3v) is 3.13. The minimum absolute atomic E-state index is 0.0386. The molecule has 0 heterocycles. The maximum atomic E-state index is 13.7. The summed E-state index contributed by atoms with van der Waals surface area (Å²) in [6.45, 7) is 9.68. The van der Waals surface area contributed by atoms with Gasteiger partial charge in [0.1, 0.15) is 18.2 Å². The van der Waals surface area contributed by atoms with E-state index in [0.29, 0.717) is 24.7 Å². The summed E-state index contributed by atoms with van der Waals surface area (Å²) in [5, 5.41) is 3.11. The first-order valence-electron chi connectivity index (χ1n) is 7.13. The van der Waals surface area contributed by atoms with Crippen LogP contribution in [0.25, 0.3) is 0 Å². The van der Waals surface area contributed by atoms with E-state index in [1.807, 2.05) is 14.0 Å². The molecule has 1 atom stereocenters. The second-order valence-corrected chi connectivity index (χ2v) is 5.47. The van der Waals surface area contributed by atoms with Crippen molar-refractivity contribution >= 4 is 0 Å². The standard InChI is InChI=1S/C16H26FNO2/c1-11(2)10-19-6-7-20-16-8-12(3)15(17)9-14(16)13(4)18-5/h8-9,11,13,18H,6-7,10H2,1-5H3. The quantitative estimate of drug-likeness (QED) is 0.741. The third kappa shape index (κ3) is 5.10. The van der Waals surface area contributed by atoms with Crippen LogP contribution in [0.5, 0.6) is 5.75 Å². The first kappa shape index (κ1) is 16.9. The highest BCUT2D eigenvalue weighted by atomic mass is 19.1. The fourth-order valence-corrected chi connectivity index (χ4v) is 1.82. The molecule has 20 heavy (non-hydrogen) atoms. The maximum absolute atomic E-state index is 13.7. The molecule has 0 saturated heterocycles. The summed E-state index contributed by atoms with van der Waals surface area (Å²) in [6, 6.07) is 3.33. The Hall–Kier alpha value is -1.13. The molecule has 3 nitrogen and oxygen atoms in total. The van der Waals surface area contributed by atoms with E-state index < -0.39 is 0 Å². The van der Waals surface area contributed by atoms with Crippen LogP contribution >= 0.6 is 0 Å². The molecule has 0 aliphatic heterocycles. The lowest BCUT2D eigenvalue weighted by Gasteiger charge is -2.18.